The minimum absolute atomic E-state index is 0.345. The molecule has 6 nitrogen and oxygen atoms in total. The second-order valence-electron chi connectivity index (χ2n) is 3.52. The molecule has 84 valence electrons. The Bertz CT molecular complexity index is 296. The van der Waals surface area contributed by atoms with Crippen LogP contribution in [0.1, 0.15) is 18.7 Å². The van der Waals surface area contributed by atoms with Crippen molar-refractivity contribution < 1.29 is 9.26 Å². The van der Waals surface area contributed by atoms with Gasteiger partial charge < -0.3 is 19.9 Å². The van der Waals surface area contributed by atoms with Crippen molar-refractivity contribution in [3.05, 3.63) is 5.89 Å². The fourth-order valence-electron chi connectivity index (χ4n) is 1.59. The molecule has 2 rings (SSSR count). The zero-order valence-corrected chi connectivity index (χ0v) is 8.69. The minimum atomic E-state index is 0.345. The van der Waals surface area contributed by atoms with Crippen molar-refractivity contribution in [3.63, 3.8) is 0 Å². The maximum absolute atomic E-state index is 5.30. The van der Waals surface area contributed by atoms with Crippen LogP contribution in [0, 0.1) is 0 Å². The van der Waals surface area contributed by atoms with Gasteiger partial charge in [0, 0.05) is 19.6 Å². The van der Waals surface area contributed by atoms with Crippen molar-refractivity contribution in [1.82, 2.24) is 10.1 Å². The number of hydrogen-bond donors (Lipinski definition) is 1. The molecule has 0 atom stereocenters. The van der Waals surface area contributed by atoms with Gasteiger partial charge in [-0.2, -0.15) is 4.98 Å². The summed E-state index contributed by atoms with van der Waals surface area (Å²) in [7, 11) is 0. The van der Waals surface area contributed by atoms with E-state index < -0.39 is 0 Å². The fourth-order valence-corrected chi connectivity index (χ4v) is 1.59. The van der Waals surface area contributed by atoms with Crippen LogP contribution in [-0.4, -0.2) is 36.4 Å². The first-order chi connectivity index (χ1) is 7.40. The van der Waals surface area contributed by atoms with E-state index >= 15 is 0 Å². The molecule has 0 bridgehead atoms. The predicted octanol–water partition coefficient (Wildman–Crippen LogP) is 0.145. The third kappa shape index (κ3) is 2.66. The molecule has 1 aromatic rings. The molecule has 2 heterocycles. The molecular weight excluding hydrogens is 196 g/mol. The van der Waals surface area contributed by atoms with Crippen LogP contribution in [-0.2, 0) is 11.3 Å². The Kier molecular flexibility index (Phi) is 3.52. The number of nitrogens with zero attached hydrogens (tertiary/aromatic N) is 3. The van der Waals surface area contributed by atoms with Crippen LogP contribution in [0.3, 0.4) is 0 Å². The van der Waals surface area contributed by atoms with E-state index in [4.69, 9.17) is 15.0 Å². The van der Waals surface area contributed by atoms with E-state index in [0.29, 0.717) is 31.6 Å². The van der Waals surface area contributed by atoms with Crippen LogP contribution in [0.15, 0.2) is 4.52 Å². The van der Waals surface area contributed by atoms with Gasteiger partial charge in [-0.3, -0.25) is 0 Å². The SMILES string of the molecule is NCCOCc1nc(N2CCCC2)no1. The van der Waals surface area contributed by atoms with Gasteiger partial charge in [0.25, 0.3) is 11.8 Å². The average Bonchev–Trinajstić information content (AvgIpc) is 2.87. The van der Waals surface area contributed by atoms with E-state index in [9.17, 15) is 0 Å². The predicted molar refractivity (Wildman–Crippen MR) is 54.5 cm³/mol. The molecule has 1 aliphatic heterocycles. The first-order valence-electron chi connectivity index (χ1n) is 5.25. The minimum Gasteiger partial charge on any atom is -0.370 e. The van der Waals surface area contributed by atoms with Gasteiger partial charge in [0.2, 0.25) is 0 Å². The Morgan fingerprint density at radius 1 is 1.40 bits per heavy atom. The molecule has 0 spiro atoms. The van der Waals surface area contributed by atoms with Gasteiger partial charge in [0.05, 0.1) is 6.61 Å². The summed E-state index contributed by atoms with van der Waals surface area (Å²) in [5, 5.41) is 3.91. The van der Waals surface area contributed by atoms with E-state index in [1.807, 2.05) is 0 Å². The van der Waals surface area contributed by atoms with Gasteiger partial charge in [-0.1, -0.05) is 0 Å². The van der Waals surface area contributed by atoms with Crippen LogP contribution < -0.4 is 10.6 Å². The van der Waals surface area contributed by atoms with Crippen LogP contribution in [0.25, 0.3) is 0 Å². The molecule has 0 aliphatic carbocycles. The summed E-state index contributed by atoms with van der Waals surface area (Å²) in [6.07, 6.45) is 2.40. The summed E-state index contributed by atoms with van der Waals surface area (Å²) in [5.41, 5.74) is 5.30. The largest absolute Gasteiger partial charge is 0.370 e. The molecule has 0 radical (unpaired) electrons. The second kappa shape index (κ2) is 5.09. The van der Waals surface area contributed by atoms with Gasteiger partial charge in [0.15, 0.2) is 0 Å². The first kappa shape index (κ1) is 10.4. The summed E-state index contributed by atoms with van der Waals surface area (Å²) < 4.78 is 10.3. The van der Waals surface area contributed by atoms with Gasteiger partial charge >= 0.3 is 0 Å². The lowest BCUT2D eigenvalue weighted by Crippen LogP contribution is -2.18. The lowest BCUT2D eigenvalue weighted by molar-refractivity contribution is 0.104. The molecule has 0 amide bonds. The highest BCUT2D eigenvalue weighted by Gasteiger charge is 2.17. The molecule has 0 saturated carbocycles. The standard InChI is InChI=1S/C9H16N4O2/c10-3-6-14-7-8-11-9(12-15-8)13-4-1-2-5-13/h1-7,10H2. The van der Waals surface area contributed by atoms with Crippen molar-refractivity contribution in [2.45, 2.75) is 19.4 Å². The van der Waals surface area contributed by atoms with Crippen molar-refractivity contribution in [2.24, 2.45) is 5.73 Å². The lowest BCUT2D eigenvalue weighted by atomic mass is 10.4. The number of rotatable bonds is 5. The molecule has 6 heteroatoms. The Morgan fingerprint density at radius 2 is 2.20 bits per heavy atom. The summed E-state index contributed by atoms with van der Waals surface area (Å²) in [6, 6.07) is 0. The summed E-state index contributed by atoms with van der Waals surface area (Å²) in [4.78, 5) is 6.37. The van der Waals surface area contributed by atoms with Gasteiger partial charge in [-0.25, -0.2) is 0 Å². The number of ether oxygens (including phenoxy) is 1. The molecule has 15 heavy (non-hydrogen) atoms. The van der Waals surface area contributed by atoms with Crippen LogP contribution in [0.2, 0.25) is 0 Å². The molecule has 1 fully saturated rings. The highest BCUT2D eigenvalue weighted by molar-refractivity contribution is 5.28. The number of nitrogens with two attached hydrogens (primary N) is 1. The number of aromatic nitrogens is 2. The van der Waals surface area contributed by atoms with Gasteiger partial charge in [-0.15, -0.1) is 0 Å². The zero-order chi connectivity index (χ0) is 10.5. The van der Waals surface area contributed by atoms with Gasteiger partial charge in [0.1, 0.15) is 6.61 Å². The van der Waals surface area contributed by atoms with Crippen molar-refractivity contribution in [2.75, 3.05) is 31.1 Å². The molecule has 2 N–H and O–H groups in total. The average molecular weight is 212 g/mol. The quantitative estimate of drug-likeness (QED) is 0.700. The summed E-state index contributed by atoms with van der Waals surface area (Å²) >= 11 is 0. The van der Waals surface area contributed by atoms with Crippen molar-refractivity contribution >= 4 is 5.95 Å². The smallest absolute Gasteiger partial charge is 0.266 e. The van der Waals surface area contributed by atoms with Crippen molar-refractivity contribution in [1.29, 1.82) is 0 Å². The second-order valence-corrected chi connectivity index (χ2v) is 3.52. The third-order valence-corrected chi connectivity index (χ3v) is 2.33. The normalized spacial score (nSPS) is 16.2. The Hall–Kier alpha value is -1.14. The van der Waals surface area contributed by atoms with E-state index in [2.05, 4.69) is 15.0 Å². The maximum atomic E-state index is 5.30. The van der Waals surface area contributed by atoms with Gasteiger partial charge in [-0.05, 0) is 18.0 Å². The Labute approximate surface area is 88.4 Å². The van der Waals surface area contributed by atoms with Crippen LogP contribution in [0.4, 0.5) is 5.95 Å². The Morgan fingerprint density at radius 3 is 2.93 bits per heavy atom. The monoisotopic (exact) mass is 212 g/mol. The lowest BCUT2D eigenvalue weighted by Gasteiger charge is -2.09. The Balaban J connectivity index is 1.86. The molecule has 1 aliphatic rings. The van der Waals surface area contributed by atoms with E-state index in [1.54, 1.807) is 0 Å². The topological polar surface area (TPSA) is 77.4 Å². The fraction of sp³-hybridized carbons (Fsp3) is 0.778. The molecule has 0 aromatic carbocycles. The first-order valence-corrected chi connectivity index (χ1v) is 5.25. The molecule has 1 aromatic heterocycles. The third-order valence-electron chi connectivity index (χ3n) is 2.33. The number of anilines is 1. The van der Waals surface area contributed by atoms with Crippen LogP contribution >= 0.6 is 0 Å². The summed E-state index contributed by atoms with van der Waals surface area (Å²) in [5.74, 6) is 1.20. The zero-order valence-electron chi connectivity index (χ0n) is 8.69. The van der Waals surface area contributed by atoms with E-state index in [1.165, 1.54) is 12.8 Å². The summed E-state index contributed by atoms with van der Waals surface area (Å²) in [6.45, 7) is 3.40. The highest BCUT2D eigenvalue weighted by atomic mass is 16.5. The van der Waals surface area contributed by atoms with E-state index in [0.717, 1.165) is 13.1 Å². The molecule has 0 unspecified atom stereocenters. The number of hydrogen-bond acceptors (Lipinski definition) is 6. The maximum Gasteiger partial charge on any atom is 0.266 e. The molecular formula is C9H16N4O2. The van der Waals surface area contributed by atoms with E-state index in [-0.39, 0.29) is 0 Å². The van der Waals surface area contributed by atoms with Crippen LogP contribution in [0.5, 0.6) is 0 Å². The van der Waals surface area contributed by atoms with Crippen molar-refractivity contribution in [3.8, 4) is 0 Å². The molecule has 1 saturated heterocycles. The highest BCUT2D eigenvalue weighted by Crippen LogP contribution is 2.16.